The number of halogens is 3. The summed E-state index contributed by atoms with van der Waals surface area (Å²) < 4.78 is 40.1. The molecule has 9 nitrogen and oxygen atoms in total. The summed E-state index contributed by atoms with van der Waals surface area (Å²) in [6.45, 7) is 1.06. The fourth-order valence-corrected chi connectivity index (χ4v) is 7.63. The van der Waals surface area contributed by atoms with Crippen LogP contribution in [0.15, 0.2) is 65.6 Å². The Morgan fingerprint density at radius 1 is 0.913 bits per heavy atom. The zero-order valence-electron chi connectivity index (χ0n) is 26.0. The Morgan fingerprint density at radius 3 is 2.13 bits per heavy atom. The van der Waals surface area contributed by atoms with E-state index in [9.17, 15) is 18.0 Å². The van der Waals surface area contributed by atoms with E-state index in [1.54, 1.807) is 25.1 Å². The Morgan fingerprint density at radius 2 is 1.54 bits per heavy atom. The Kier molecular flexibility index (Phi) is 12.5. The van der Waals surface area contributed by atoms with Crippen LogP contribution in [-0.2, 0) is 26.2 Å². The third-order valence-corrected chi connectivity index (χ3v) is 10.8. The monoisotopic (exact) mass is 709 g/mol. The minimum Gasteiger partial charge on any atom is -0.493 e. The maximum atomic E-state index is 14.4. The first kappa shape index (κ1) is 35.7. The maximum Gasteiger partial charge on any atom is 0.264 e. The topological polar surface area (TPSA) is 105 Å². The molecule has 0 heterocycles. The lowest BCUT2D eigenvalue weighted by molar-refractivity contribution is -0.140. The van der Waals surface area contributed by atoms with E-state index in [2.05, 4.69) is 5.32 Å². The van der Waals surface area contributed by atoms with E-state index in [0.29, 0.717) is 26.4 Å². The first-order valence-corrected chi connectivity index (χ1v) is 17.6. The van der Waals surface area contributed by atoms with Gasteiger partial charge >= 0.3 is 0 Å². The van der Waals surface area contributed by atoms with E-state index in [-0.39, 0.29) is 41.2 Å². The van der Waals surface area contributed by atoms with Crippen molar-refractivity contribution >= 4 is 62.3 Å². The molecule has 1 saturated carbocycles. The molecule has 1 N–H and O–H groups in total. The van der Waals surface area contributed by atoms with Gasteiger partial charge in [0.05, 0.1) is 24.8 Å². The van der Waals surface area contributed by atoms with Gasteiger partial charge in [0.1, 0.15) is 12.6 Å². The van der Waals surface area contributed by atoms with Gasteiger partial charge in [-0.2, -0.15) is 0 Å². The molecule has 0 aliphatic heterocycles. The second-order valence-corrected chi connectivity index (χ2v) is 14.1. The molecule has 248 valence electrons. The zero-order valence-corrected chi connectivity index (χ0v) is 29.1. The number of nitrogens with one attached hydrogen (secondary N) is 1. The van der Waals surface area contributed by atoms with Gasteiger partial charge in [0.25, 0.3) is 10.0 Å². The van der Waals surface area contributed by atoms with Gasteiger partial charge in [-0.1, -0.05) is 67.1 Å². The average molecular weight is 711 g/mol. The van der Waals surface area contributed by atoms with Crippen LogP contribution in [-0.4, -0.2) is 58.0 Å². The SMILES string of the molecule is CC[C@@H](C(=O)NC1CCCCC1)N(Cc1c(Cl)cccc1Cl)C(=O)CN(c1ccc(Cl)cc1)S(=O)(=O)c1ccc(OC)c(OC)c1. The molecule has 0 saturated heterocycles. The second-order valence-electron chi connectivity index (χ2n) is 11.0. The van der Waals surface area contributed by atoms with E-state index in [1.807, 2.05) is 0 Å². The summed E-state index contributed by atoms with van der Waals surface area (Å²) in [5.41, 5.74) is 0.645. The third-order valence-electron chi connectivity index (χ3n) is 8.06. The van der Waals surface area contributed by atoms with Crippen LogP contribution in [0.2, 0.25) is 15.1 Å². The Hall–Kier alpha value is -3.18. The average Bonchev–Trinajstić information content (AvgIpc) is 3.05. The smallest absolute Gasteiger partial charge is 0.264 e. The summed E-state index contributed by atoms with van der Waals surface area (Å²) in [6.07, 6.45) is 5.15. The highest BCUT2D eigenvalue weighted by molar-refractivity contribution is 7.92. The number of sulfonamides is 1. The molecule has 13 heteroatoms. The van der Waals surface area contributed by atoms with Gasteiger partial charge in [0, 0.05) is 39.3 Å². The number of hydrogen-bond donors (Lipinski definition) is 1. The lowest BCUT2D eigenvalue weighted by Gasteiger charge is -2.34. The lowest BCUT2D eigenvalue weighted by Crippen LogP contribution is -2.54. The standard InChI is InChI=1S/C33H38Cl3N3O6S/c1-4-29(33(41)37-23-9-6-5-7-10-23)38(20-26-27(35)11-8-12-28(26)36)32(40)21-39(24-15-13-22(34)14-16-24)46(42,43)25-17-18-30(44-2)31(19-25)45-3/h8,11-19,23,29H,4-7,9-10,20-21H2,1-3H3,(H,37,41)/t29-/m0/s1. The number of anilines is 1. The molecular formula is C33H38Cl3N3O6S. The number of carbonyl (C=O) groups is 2. The van der Waals surface area contributed by atoms with Crippen molar-refractivity contribution in [3.63, 3.8) is 0 Å². The molecule has 0 bridgehead atoms. The van der Waals surface area contributed by atoms with Gasteiger partial charge in [-0.3, -0.25) is 13.9 Å². The molecule has 1 aliphatic carbocycles. The summed E-state index contributed by atoms with van der Waals surface area (Å²) in [5, 5.41) is 4.15. The van der Waals surface area contributed by atoms with Gasteiger partial charge < -0.3 is 19.7 Å². The van der Waals surface area contributed by atoms with E-state index in [4.69, 9.17) is 44.3 Å². The molecule has 3 aromatic carbocycles. The normalized spacial score (nSPS) is 14.3. The fourth-order valence-electron chi connectivity index (χ4n) is 5.56. The van der Waals surface area contributed by atoms with Gasteiger partial charge in [0.15, 0.2) is 11.5 Å². The minimum absolute atomic E-state index is 0.00662. The quantitative estimate of drug-likeness (QED) is 0.203. The van der Waals surface area contributed by atoms with Crippen LogP contribution in [0.25, 0.3) is 0 Å². The molecule has 0 aromatic heterocycles. The highest BCUT2D eigenvalue weighted by atomic mass is 35.5. The number of methoxy groups -OCH3 is 2. The van der Waals surface area contributed by atoms with Crippen LogP contribution in [0, 0.1) is 0 Å². The first-order valence-electron chi connectivity index (χ1n) is 15.0. The molecule has 3 aromatic rings. The van der Waals surface area contributed by atoms with E-state index < -0.39 is 28.5 Å². The van der Waals surface area contributed by atoms with Crippen molar-refractivity contribution in [3.8, 4) is 11.5 Å². The van der Waals surface area contributed by atoms with E-state index in [0.717, 1.165) is 36.4 Å². The predicted octanol–water partition coefficient (Wildman–Crippen LogP) is 7.12. The summed E-state index contributed by atoms with van der Waals surface area (Å²) in [6, 6.07) is 14.3. The van der Waals surface area contributed by atoms with Crippen LogP contribution < -0.4 is 19.1 Å². The van der Waals surface area contributed by atoms with Crippen LogP contribution in [0.5, 0.6) is 11.5 Å². The lowest BCUT2D eigenvalue weighted by atomic mass is 9.95. The Balaban J connectivity index is 1.76. The maximum absolute atomic E-state index is 14.4. The van der Waals surface area contributed by atoms with E-state index in [1.165, 1.54) is 61.6 Å². The van der Waals surface area contributed by atoms with Crippen molar-refractivity contribution in [1.82, 2.24) is 10.2 Å². The third kappa shape index (κ3) is 8.39. The van der Waals surface area contributed by atoms with Crippen molar-refractivity contribution < 1.29 is 27.5 Å². The number of benzene rings is 3. The van der Waals surface area contributed by atoms with Crippen molar-refractivity contribution in [2.75, 3.05) is 25.1 Å². The zero-order chi connectivity index (χ0) is 33.4. The molecule has 0 unspecified atom stereocenters. The molecule has 46 heavy (non-hydrogen) atoms. The number of carbonyl (C=O) groups excluding carboxylic acids is 2. The highest BCUT2D eigenvalue weighted by Crippen LogP contribution is 2.33. The highest BCUT2D eigenvalue weighted by Gasteiger charge is 2.35. The molecule has 0 radical (unpaired) electrons. The van der Waals surface area contributed by atoms with E-state index >= 15 is 0 Å². The predicted molar refractivity (Wildman–Crippen MR) is 182 cm³/mol. The number of ether oxygens (including phenoxy) is 2. The van der Waals surface area contributed by atoms with Crippen molar-refractivity contribution in [1.29, 1.82) is 0 Å². The second kappa shape index (κ2) is 16.1. The molecule has 2 amide bonds. The summed E-state index contributed by atoms with van der Waals surface area (Å²) in [4.78, 5) is 29.4. The molecule has 4 rings (SSSR count). The van der Waals surface area contributed by atoms with Crippen molar-refractivity contribution in [2.45, 2.75) is 69.0 Å². The van der Waals surface area contributed by atoms with Gasteiger partial charge in [-0.05, 0) is 67.8 Å². The molecule has 1 aliphatic rings. The summed E-state index contributed by atoms with van der Waals surface area (Å²) in [5.74, 6) is -0.396. The van der Waals surface area contributed by atoms with Crippen LogP contribution in [0.4, 0.5) is 5.69 Å². The van der Waals surface area contributed by atoms with Crippen molar-refractivity contribution in [2.24, 2.45) is 0 Å². The fraction of sp³-hybridized carbons (Fsp3) is 0.394. The first-order chi connectivity index (χ1) is 22.0. The number of amides is 2. The van der Waals surface area contributed by atoms with Crippen LogP contribution in [0.1, 0.15) is 51.0 Å². The van der Waals surface area contributed by atoms with Gasteiger partial charge in [-0.15, -0.1) is 0 Å². The summed E-state index contributed by atoms with van der Waals surface area (Å²) >= 11 is 19.2. The molecule has 1 atom stereocenters. The van der Waals surface area contributed by atoms with Gasteiger partial charge in [-0.25, -0.2) is 8.42 Å². The molecular weight excluding hydrogens is 673 g/mol. The largest absolute Gasteiger partial charge is 0.493 e. The number of rotatable bonds is 13. The number of nitrogens with zero attached hydrogens (tertiary/aromatic N) is 2. The Labute approximate surface area is 285 Å². The van der Waals surface area contributed by atoms with Gasteiger partial charge in [0.2, 0.25) is 11.8 Å². The Bertz CT molecular complexity index is 1610. The van der Waals surface area contributed by atoms with Crippen LogP contribution >= 0.6 is 34.8 Å². The molecule has 1 fully saturated rings. The number of hydrogen-bond acceptors (Lipinski definition) is 6. The van der Waals surface area contributed by atoms with Crippen LogP contribution in [0.3, 0.4) is 0 Å². The minimum atomic E-state index is -4.36. The molecule has 0 spiro atoms. The van der Waals surface area contributed by atoms with Crippen molar-refractivity contribution in [3.05, 3.63) is 81.3 Å². The summed E-state index contributed by atoms with van der Waals surface area (Å²) in [7, 11) is -1.52.